The maximum atomic E-state index is 9.60. The van der Waals surface area contributed by atoms with Gasteiger partial charge >= 0.3 is 0 Å². The summed E-state index contributed by atoms with van der Waals surface area (Å²) in [5.41, 5.74) is -0.939. The van der Waals surface area contributed by atoms with Crippen LogP contribution in [0.5, 0.6) is 0 Å². The van der Waals surface area contributed by atoms with E-state index in [1.807, 2.05) is 0 Å². The highest BCUT2D eigenvalue weighted by molar-refractivity contribution is 6.68. The Morgan fingerprint density at radius 2 is 1.53 bits per heavy atom. The molecule has 2 nitrogen and oxygen atoms in total. The summed E-state index contributed by atoms with van der Waals surface area (Å²) in [6.45, 7) is -0.874. The van der Waals surface area contributed by atoms with Crippen LogP contribution in [0.25, 0.3) is 0 Å². The molecule has 2 rings (SSSR count). The van der Waals surface area contributed by atoms with E-state index >= 15 is 0 Å². The first kappa shape index (κ1) is 14.8. The Balaban J connectivity index is 2.76. The molecular formula is C9H8Cl6O2. The first-order valence-corrected chi connectivity index (χ1v) is 6.95. The Labute approximate surface area is 128 Å². The molecule has 2 unspecified atom stereocenters. The zero-order valence-electron chi connectivity index (χ0n) is 8.28. The van der Waals surface area contributed by atoms with Gasteiger partial charge in [0.15, 0.2) is 8.67 Å². The van der Waals surface area contributed by atoms with Crippen LogP contribution in [0.15, 0.2) is 10.6 Å². The molecule has 2 atom stereocenters. The molecule has 2 aliphatic rings. The van der Waals surface area contributed by atoms with Crippen LogP contribution in [0.1, 0.15) is 6.42 Å². The van der Waals surface area contributed by atoms with Crippen LogP contribution in [0.2, 0.25) is 0 Å². The first-order valence-electron chi connectivity index (χ1n) is 4.68. The molecule has 8 heteroatoms. The Morgan fingerprint density at radius 3 is 1.94 bits per heavy atom. The molecule has 0 amide bonds. The van der Waals surface area contributed by atoms with Crippen molar-refractivity contribution in [3.63, 3.8) is 0 Å². The van der Waals surface area contributed by atoms with Gasteiger partial charge in [-0.05, 0) is 12.0 Å². The molecule has 0 aromatic rings. The molecule has 0 aromatic heterocycles. The minimum Gasteiger partial charge on any atom is -0.395 e. The molecule has 2 N–H and O–H groups in total. The predicted octanol–water partition coefficient (Wildman–Crippen LogP) is 3.19. The van der Waals surface area contributed by atoms with Crippen molar-refractivity contribution in [2.45, 2.75) is 20.0 Å². The van der Waals surface area contributed by atoms with E-state index in [2.05, 4.69) is 0 Å². The molecule has 2 bridgehead atoms. The highest BCUT2D eigenvalue weighted by Crippen LogP contribution is 2.77. The third-order valence-corrected chi connectivity index (χ3v) is 7.99. The maximum absolute atomic E-state index is 9.60. The van der Waals surface area contributed by atoms with Gasteiger partial charge in [0.05, 0.1) is 18.6 Å². The Hall–Kier alpha value is 1.40. The molecule has 0 spiro atoms. The lowest BCUT2D eigenvalue weighted by atomic mass is 9.80. The van der Waals surface area contributed by atoms with Crippen LogP contribution in [0.4, 0.5) is 0 Å². The largest absolute Gasteiger partial charge is 0.395 e. The van der Waals surface area contributed by atoms with Crippen LogP contribution >= 0.6 is 69.6 Å². The van der Waals surface area contributed by atoms with Crippen molar-refractivity contribution in [3.05, 3.63) is 10.6 Å². The van der Waals surface area contributed by atoms with Gasteiger partial charge in [-0.15, -0.1) is 11.6 Å². The molecule has 0 aliphatic heterocycles. The topological polar surface area (TPSA) is 40.5 Å². The molecule has 0 aromatic carbocycles. The minimum absolute atomic E-state index is 0.0762. The van der Waals surface area contributed by atoms with Crippen molar-refractivity contribution in [2.24, 2.45) is 5.41 Å². The number of aliphatic hydroxyl groups is 2. The van der Waals surface area contributed by atoms with Gasteiger partial charge in [0.2, 0.25) is 0 Å². The number of hydrogen-bond acceptors (Lipinski definition) is 2. The molecule has 98 valence electrons. The molecule has 0 radical (unpaired) electrons. The lowest BCUT2D eigenvalue weighted by Crippen LogP contribution is -2.54. The second-order valence-electron chi connectivity index (χ2n) is 4.32. The average Bonchev–Trinajstić information content (AvgIpc) is 2.55. The zero-order chi connectivity index (χ0) is 13.3. The summed E-state index contributed by atoms with van der Waals surface area (Å²) in [7, 11) is 0. The third-order valence-electron chi connectivity index (χ3n) is 3.66. The highest BCUT2D eigenvalue weighted by Gasteiger charge is 2.82. The maximum Gasteiger partial charge on any atom is 0.175 e. The second kappa shape index (κ2) is 3.95. The summed E-state index contributed by atoms with van der Waals surface area (Å²) < 4.78 is -3.50. The summed E-state index contributed by atoms with van der Waals surface area (Å²) in [6, 6.07) is 0. The average molecular weight is 361 g/mol. The van der Waals surface area contributed by atoms with E-state index in [1.54, 1.807) is 0 Å². The Bertz CT molecular complexity index is 406. The summed E-state index contributed by atoms with van der Waals surface area (Å²) >= 11 is 37.1. The number of allylic oxidation sites excluding steroid dienone is 1. The fraction of sp³-hybridized carbons (Fsp3) is 0.778. The van der Waals surface area contributed by atoms with Crippen molar-refractivity contribution in [1.82, 2.24) is 0 Å². The van der Waals surface area contributed by atoms with Gasteiger partial charge in [-0.1, -0.05) is 58.0 Å². The highest BCUT2D eigenvalue weighted by atomic mass is 35.5. The van der Waals surface area contributed by atoms with Gasteiger partial charge in [-0.3, -0.25) is 0 Å². The van der Waals surface area contributed by atoms with E-state index in [1.165, 1.54) is 0 Å². The van der Waals surface area contributed by atoms with Gasteiger partial charge in [0.25, 0.3) is 0 Å². The van der Waals surface area contributed by atoms with E-state index in [0.717, 1.165) is 0 Å². The Kier molecular flexibility index (Phi) is 3.44. The lowest BCUT2D eigenvalue weighted by molar-refractivity contribution is 0.143. The van der Waals surface area contributed by atoms with Crippen molar-refractivity contribution >= 4 is 69.6 Å². The summed E-state index contributed by atoms with van der Waals surface area (Å²) in [5.74, 6) is 0. The molecular weight excluding hydrogens is 353 g/mol. The lowest BCUT2D eigenvalue weighted by Gasteiger charge is -2.45. The van der Waals surface area contributed by atoms with Crippen molar-refractivity contribution < 1.29 is 10.2 Å². The fourth-order valence-electron chi connectivity index (χ4n) is 2.62. The first-order chi connectivity index (χ1) is 7.62. The van der Waals surface area contributed by atoms with Crippen molar-refractivity contribution in [1.29, 1.82) is 0 Å². The number of alkyl halides is 5. The van der Waals surface area contributed by atoms with Crippen molar-refractivity contribution in [3.8, 4) is 0 Å². The molecule has 2 aliphatic carbocycles. The molecule has 0 saturated heterocycles. The van der Waals surface area contributed by atoms with E-state index in [4.69, 9.17) is 69.6 Å². The number of aliphatic hydroxyl groups excluding tert-OH is 2. The zero-order valence-corrected chi connectivity index (χ0v) is 12.8. The SMILES string of the molecule is OCC1=C(Cl)C2(Cl)CC1(CO)C(Cl)(Cl)C2(Cl)Cl. The van der Waals surface area contributed by atoms with Gasteiger partial charge in [0, 0.05) is 5.03 Å². The summed E-state index contributed by atoms with van der Waals surface area (Å²) in [5, 5.41) is 19.1. The van der Waals surface area contributed by atoms with Crippen LogP contribution in [-0.4, -0.2) is 37.0 Å². The standard InChI is InChI=1S/C9H8Cl6O2/c10-5-4(1-16)6(3-17)2-7(5,11)9(14,15)8(6,12)13/h16-17H,1-3H2. The number of rotatable bonds is 2. The van der Waals surface area contributed by atoms with Crippen LogP contribution in [0.3, 0.4) is 0 Å². The smallest absolute Gasteiger partial charge is 0.175 e. The Morgan fingerprint density at radius 1 is 1.00 bits per heavy atom. The normalized spacial score (nSPS) is 42.4. The number of halogens is 6. The molecule has 17 heavy (non-hydrogen) atoms. The van der Waals surface area contributed by atoms with E-state index in [9.17, 15) is 10.2 Å². The third kappa shape index (κ3) is 1.34. The summed E-state index contributed by atoms with van der Waals surface area (Å²) in [4.78, 5) is -1.40. The van der Waals surface area contributed by atoms with Crippen LogP contribution < -0.4 is 0 Å². The molecule has 1 fully saturated rings. The second-order valence-corrected chi connectivity index (χ2v) is 8.00. The quantitative estimate of drug-likeness (QED) is 0.742. The number of fused-ring (bicyclic) bond motifs is 2. The summed E-state index contributed by atoms with van der Waals surface area (Å²) in [6.07, 6.45) is 0.0762. The minimum atomic E-state index is -1.76. The van der Waals surface area contributed by atoms with Gasteiger partial charge < -0.3 is 10.2 Å². The monoisotopic (exact) mass is 358 g/mol. The van der Waals surface area contributed by atoms with Gasteiger partial charge in [-0.25, -0.2) is 0 Å². The number of hydrogen-bond donors (Lipinski definition) is 2. The van der Waals surface area contributed by atoms with E-state index in [0.29, 0.717) is 5.57 Å². The van der Waals surface area contributed by atoms with Gasteiger partial charge in [-0.2, -0.15) is 0 Å². The van der Waals surface area contributed by atoms with Crippen LogP contribution in [0, 0.1) is 5.41 Å². The van der Waals surface area contributed by atoms with Crippen LogP contribution in [-0.2, 0) is 0 Å². The molecule has 1 saturated carbocycles. The van der Waals surface area contributed by atoms with Crippen molar-refractivity contribution in [2.75, 3.05) is 13.2 Å². The van der Waals surface area contributed by atoms with E-state index < -0.39 is 32.2 Å². The van der Waals surface area contributed by atoms with E-state index in [-0.39, 0.29) is 11.5 Å². The fourth-order valence-corrected chi connectivity index (χ4v) is 5.23. The molecule has 0 heterocycles. The predicted molar refractivity (Wildman–Crippen MR) is 71.6 cm³/mol. The van der Waals surface area contributed by atoms with Gasteiger partial charge in [0.1, 0.15) is 4.87 Å².